The molecule has 2 aromatic rings. The van der Waals surface area contributed by atoms with E-state index < -0.39 is 6.04 Å². The van der Waals surface area contributed by atoms with Crippen molar-refractivity contribution in [2.24, 2.45) is 5.92 Å². The van der Waals surface area contributed by atoms with Crippen LogP contribution >= 0.6 is 11.6 Å². The summed E-state index contributed by atoms with van der Waals surface area (Å²) in [7, 11) is 0. The molecule has 1 saturated carbocycles. The third-order valence-corrected chi connectivity index (χ3v) is 9.81. The molecule has 1 aliphatic carbocycles. The maximum Gasteiger partial charge on any atom is 0.245 e. The highest BCUT2D eigenvalue weighted by atomic mass is 35.5. The average molecular weight is 578 g/mol. The number of fused-ring (bicyclic) bond motifs is 1. The Bertz CT molecular complexity index is 1190. The molecular formula is C33H44ClN5O2. The van der Waals surface area contributed by atoms with E-state index in [2.05, 4.69) is 33.0 Å². The Labute approximate surface area is 249 Å². The monoisotopic (exact) mass is 577 g/mol. The summed E-state index contributed by atoms with van der Waals surface area (Å²) < 4.78 is 0. The molecule has 3 aliphatic heterocycles. The van der Waals surface area contributed by atoms with E-state index in [9.17, 15) is 9.59 Å². The van der Waals surface area contributed by atoms with Crippen LogP contribution in [0, 0.1) is 5.92 Å². The van der Waals surface area contributed by atoms with Crippen molar-refractivity contribution in [2.75, 3.05) is 32.7 Å². The fourth-order valence-corrected chi connectivity index (χ4v) is 7.07. The van der Waals surface area contributed by atoms with E-state index in [1.807, 2.05) is 41.3 Å². The fourth-order valence-electron chi connectivity index (χ4n) is 6.94. The van der Waals surface area contributed by atoms with Gasteiger partial charge in [-0.2, -0.15) is 0 Å². The number of piperidine rings is 2. The zero-order chi connectivity index (χ0) is 28.2. The quantitative estimate of drug-likeness (QED) is 0.425. The summed E-state index contributed by atoms with van der Waals surface area (Å²) in [4.78, 5) is 32.3. The van der Waals surface area contributed by atoms with Crippen molar-refractivity contribution >= 4 is 23.4 Å². The molecule has 7 nitrogen and oxygen atoms in total. The number of likely N-dealkylation sites (tertiary alicyclic amines) is 1. The van der Waals surface area contributed by atoms with Crippen molar-refractivity contribution in [2.45, 2.75) is 82.1 Å². The maximum absolute atomic E-state index is 14.0. The molecule has 0 bridgehead atoms. The Morgan fingerprint density at radius 3 is 2.32 bits per heavy atom. The number of benzene rings is 2. The number of nitrogens with zero attached hydrogens (tertiary/aromatic N) is 2. The van der Waals surface area contributed by atoms with Gasteiger partial charge in [-0.25, -0.2) is 0 Å². The lowest BCUT2D eigenvalue weighted by atomic mass is 9.94. The molecule has 6 rings (SSSR count). The van der Waals surface area contributed by atoms with Gasteiger partial charge in [-0.05, 0) is 92.8 Å². The Hall–Kier alpha value is -2.45. The van der Waals surface area contributed by atoms with Crippen LogP contribution in [0.25, 0.3) is 0 Å². The first-order valence-electron chi connectivity index (χ1n) is 15.6. The third kappa shape index (κ3) is 7.31. The van der Waals surface area contributed by atoms with Gasteiger partial charge in [0.25, 0.3) is 0 Å². The van der Waals surface area contributed by atoms with Crippen LogP contribution < -0.4 is 16.0 Å². The van der Waals surface area contributed by atoms with E-state index in [4.69, 9.17) is 11.6 Å². The number of hydrogen-bond donors (Lipinski definition) is 3. The van der Waals surface area contributed by atoms with Crippen LogP contribution in [0.3, 0.4) is 0 Å². The summed E-state index contributed by atoms with van der Waals surface area (Å²) in [6.07, 6.45) is 8.27. The molecule has 0 aromatic heterocycles. The predicted molar refractivity (Wildman–Crippen MR) is 163 cm³/mol. The number of carbonyl (C=O) groups is 2. The normalized spacial score (nSPS) is 22.8. The van der Waals surface area contributed by atoms with Gasteiger partial charge in [0.15, 0.2) is 0 Å². The number of amides is 2. The molecule has 4 aliphatic rings. The van der Waals surface area contributed by atoms with E-state index in [-0.39, 0.29) is 17.9 Å². The minimum atomic E-state index is -0.605. The van der Waals surface area contributed by atoms with E-state index >= 15 is 0 Å². The van der Waals surface area contributed by atoms with Crippen LogP contribution in [-0.2, 0) is 29.0 Å². The molecule has 41 heavy (non-hydrogen) atoms. The predicted octanol–water partition coefficient (Wildman–Crippen LogP) is 3.54. The maximum atomic E-state index is 14.0. The lowest BCUT2D eigenvalue weighted by Crippen LogP contribution is -2.58. The van der Waals surface area contributed by atoms with Gasteiger partial charge in [-0.15, -0.1) is 0 Å². The molecule has 3 N–H and O–H groups in total. The van der Waals surface area contributed by atoms with Crippen molar-refractivity contribution in [3.63, 3.8) is 0 Å². The number of nitrogens with one attached hydrogen (secondary N) is 3. The number of carbonyl (C=O) groups excluding carboxylic acids is 2. The van der Waals surface area contributed by atoms with E-state index in [0.29, 0.717) is 36.5 Å². The van der Waals surface area contributed by atoms with E-state index in [1.54, 1.807) is 0 Å². The molecule has 2 atom stereocenters. The topological polar surface area (TPSA) is 76.7 Å². The molecule has 2 amide bonds. The van der Waals surface area contributed by atoms with Gasteiger partial charge in [0.1, 0.15) is 6.04 Å². The van der Waals surface area contributed by atoms with Crippen LogP contribution in [0.4, 0.5) is 0 Å². The van der Waals surface area contributed by atoms with Crippen molar-refractivity contribution in [1.82, 2.24) is 25.8 Å². The number of rotatable bonds is 9. The highest BCUT2D eigenvalue weighted by molar-refractivity contribution is 6.30. The Balaban J connectivity index is 1.11. The molecule has 2 aromatic carbocycles. The summed E-state index contributed by atoms with van der Waals surface area (Å²) in [6.45, 7) is 5.59. The number of hydrogen-bond acceptors (Lipinski definition) is 5. The van der Waals surface area contributed by atoms with Gasteiger partial charge in [-0.3, -0.25) is 14.5 Å². The lowest BCUT2D eigenvalue weighted by molar-refractivity contribution is -0.138. The summed E-state index contributed by atoms with van der Waals surface area (Å²) in [5, 5.41) is 10.7. The molecular weight excluding hydrogens is 534 g/mol. The summed E-state index contributed by atoms with van der Waals surface area (Å²) in [5.41, 5.74) is 3.42. The van der Waals surface area contributed by atoms with Gasteiger partial charge < -0.3 is 20.9 Å². The fraction of sp³-hybridized carbons (Fsp3) is 0.576. The molecule has 0 spiro atoms. The first kappa shape index (κ1) is 28.7. The van der Waals surface area contributed by atoms with Crippen molar-refractivity contribution in [3.8, 4) is 0 Å². The zero-order valence-electron chi connectivity index (χ0n) is 24.0. The van der Waals surface area contributed by atoms with Crippen LogP contribution in [0.1, 0.15) is 55.2 Å². The molecule has 220 valence electrons. The molecule has 3 fully saturated rings. The van der Waals surface area contributed by atoms with Crippen molar-refractivity contribution in [3.05, 3.63) is 70.2 Å². The summed E-state index contributed by atoms with van der Waals surface area (Å²) >= 11 is 6.13. The van der Waals surface area contributed by atoms with Crippen molar-refractivity contribution in [1.29, 1.82) is 0 Å². The van der Waals surface area contributed by atoms with Crippen LogP contribution in [0.5, 0.6) is 0 Å². The lowest BCUT2D eigenvalue weighted by Gasteiger charge is -2.44. The molecule has 2 unspecified atom stereocenters. The van der Waals surface area contributed by atoms with Gasteiger partial charge in [0, 0.05) is 49.7 Å². The average Bonchev–Trinajstić information content (AvgIpc) is 3.85. The zero-order valence-corrected chi connectivity index (χ0v) is 24.7. The smallest absolute Gasteiger partial charge is 0.245 e. The first-order valence-corrected chi connectivity index (χ1v) is 16.0. The highest BCUT2D eigenvalue weighted by Crippen LogP contribution is 2.34. The summed E-state index contributed by atoms with van der Waals surface area (Å²) in [6, 6.07) is 16.1. The second-order valence-corrected chi connectivity index (χ2v) is 12.9. The minimum Gasteiger partial charge on any atom is -0.343 e. The SMILES string of the molecule is O=C(NC(Cc1ccc(Cl)cc1)C(=O)N1CCC(N(CC2CC2)C2CCNCC2)CC1)C1Cc2ccccc2CN1. The van der Waals surface area contributed by atoms with Crippen LogP contribution in [0.2, 0.25) is 5.02 Å². The van der Waals surface area contributed by atoms with Gasteiger partial charge in [0.05, 0.1) is 6.04 Å². The Kier molecular flexibility index (Phi) is 9.26. The van der Waals surface area contributed by atoms with Gasteiger partial charge >= 0.3 is 0 Å². The Morgan fingerprint density at radius 1 is 0.927 bits per heavy atom. The Morgan fingerprint density at radius 2 is 1.61 bits per heavy atom. The second-order valence-electron chi connectivity index (χ2n) is 12.5. The van der Waals surface area contributed by atoms with Gasteiger partial charge in [-0.1, -0.05) is 48.0 Å². The molecule has 2 saturated heterocycles. The van der Waals surface area contributed by atoms with E-state index in [0.717, 1.165) is 50.5 Å². The van der Waals surface area contributed by atoms with Crippen LogP contribution in [0.15, 0.2) is 48.5 Å². The molecule has 3 heterocycles. The highest BCUT2D eigenvalue weighted by Gasteiger charge is 2.37. The van der Waals surface area contributed by atoms with Crippen molar-refractivity contribution < 1.29 is 9.59 Å². The number of halogens is 1. The molecule has 0 radical (unpaired) electrons. The van der Waals surface area contributed by atoms with E-state index in [1.165, 1.54) is 43.4 Å². The van der Waals surface area contributed by atoms with Gasteiger partial charge in [0.2, 0.25) is 11.8 Å². The summed E-state index contributed by atoms with van der Waals surface area (Å²) in [5.74, 6) is 0.783. The first-order chi connectivity index (χ1) is 20.0. The third-order valence-electron chi connectivity index (χ3n) is 9.55. The standard InChI is InChI=1S/C33H44ClN5O2/c34-27-9-7-23(8-10-27)19-31(37-32(40)30-20-25-3-1-2-4-26(25)21-36-30)33(41)38-17-13-29(14-18-38)39(22-24-5-6-24)28-11-15-35-16-12-28/h1-4,7-10,24,28-31,35-36H,5-6,11-22H2,(H,37,40). The van der Waals surface area contributed by atoms with Crippen LogP contribution in [-0.4, -0.2) is 78.5 Å². The molecule has 8 heteroatoms. The largest absolute Gasteiger partial charge is 0.343 e. The second kappa shape index (κ2) is 13.2. The minimum absolute atomic E-state index is 0.0265.